The van der Waals surface area contributed by atoms with E-state index in [0.29, 0.717) is 5.92 Å². The Balaban J connectivity index is 0.984. The molecule has 7 aromatic carbocycles. The first-order chi connectivity index (χ1) is 24.3. The van der Waals surface area contributed by atoms with Crippen molar-refractivity contribution < 1.29 is 0 Å². The Hall–Kier alpha value is -5.90. The molecule has 49 heavy (non-hydrogen) atoms. The van der Waals surface area contributed by atoms with Gasteiger partial charge < -0.3 is 9.80 Å². The van der Waals surface area contributed by atoms with E-state index in [4.69, 9.17) is 0 Å². The Bertz CT molecular complexity index is 2510. The van der Waals surface area contributed by atoms with E-state index in [1.807, 2.05) is 11.3 Å². The second-order valence-corrected chi connectivity index (χ2v) is 14.0. The van der Waals surface area contributed by atoms with Crippen LogP contribution in [0.2, 0.25) is 0 Å². The number of hydrogen-bond acceptors (Lipinski definition) is 3. The van der Waals surface area contributed by atoms with Crippen molar-refractivity contribution in [1.29, 1.82) is 0 Å². The van der Waals surface area contributed by atoms with Crippen molar-refractivity contribution in [2.24, 2.45) is 0 Å². The fraction of sp³-hybridized carbons (Fsp3) is 0.0435. The minimum Gasteiger partial charge on any atom is -0.333 e. The first-order valence-corrected chi connectivity index (χ1v) is 17.7. The van der Waals surface area contributed by atoms with E-state index in [9.17, 15) is 0 Å². The Morgan fingerprint density at radius 1 is 0.490 bits per heavy atom. The topological polar surface area (TPSA) is 6.48 Å². The smallest absolute Gasteiger partial charge is 0.0635 e. The molecule has 10 rings (SSSR count). The average Bonchev–Trinajstić information content (AvgIpc) is 3.72. The Morgan fingerprint density at radius 3 is 1.96 bits per heavy atom. The van der Waals surface area contributed by atoms with Gasteiger partial charge in [-0.05, 0) is 94.5 Å². The molecule has 0 N–H and O–H groups in total. The zero-order valence-electron chi connectivity index (χ0n) is 26.8. The van der Waals surface area contributed by atoms with Crippen molar-refractivity contribution in [3.8, 4) is 11.1 Å². The Labute approximate surface area is 290 Å². The molecule has 232 valence electrons. The molecule has 1 aliphatic heterocycles. The van der Waals surface area contributed by atoms with Crippen LogP contribution in [0, 0.1) is 0 Å². The highest BCUT2D eigenvalue weighted by Gasteiger charge is 2.40. The number of para-hydroxylation sites is 2. The molecule has 0 bridgehead atoms. The van der Waals surface area contributed by atoms with Crippen molar-refractivity contribution in [2.45, 2.75) is 12.0 Å². The summed E-state index contributed by atoms with van der Waals surface area (Å²) in [6.45, 7) is 0. The number of hydrogen-bond donors (Lipinski definition) is 0. The van der Waals surface area contributed by atoms with Crippen LogP contribution in [0.1, 0.15) is 22.6 Å². The highest BCUT2D eigenvalue weighted by molar-refractivity contribution is 7.25. The van der Waals surface area contributed by atoms with Crippen LogP contribution in [-0.4, -0.2) is 6.04 Å². The van der Waals surface area contributed by atoms with Crippen LogP contribution in [0.3, 0.4) is 0 Å². The lowest BCUT2D eigenvalue weighted by atomic mass is 9.81. The van der Waals surface area contributed by atoms with Crippen molar-refractivity contribution >= 4 is 66.0 Å². The van der Waals surface area contributed by atoms with Gasteiger partial charge in [0.25, 0.3) is 0 Å². The number of benzene rings is 7. The molecule has 2 unspecified atom stereocenters. The normalized spacial score (nSPS) is 16.0. The van der Waals surface area contributed by atoms with E-state index in [1.165, 1.54) is 59.4 Å². The van der Waals surface area contributed by atoms with Crippen LogP contribution in [-0.2, 0) is 0 Å². The second-order valence-electron chi connectivity index (χ2n) is 12.9. The van der Waals surface area contributed by atoms with Gasteiger partial charge in [0.15, 0.2) is 0 Å². The molecule has 2 heterocycles. The zero-order valence-corrected chi connectivity index (χ0v) is 27.6. The van der Waals surface area contributed by atoms with Gasteiger partial charge in [-0.25, -0.2) is 0 Å². The van der Waals surface area contributed by atoms with Gasteiger partial charge in [0.2, 0.25) is 0 Å². The lowest BCUT2D eigenvalue weighted by Crippen LogP contribution is -2.30. The summed E-state index contributed by atoms with van der Waals surface area (Å²) >= 11 is 1.86. The molecule has 2 nitrogen and oxygen atoms in total. The third-order valence-corrected chi connectivity index (χ3v) is 11.4. The maximum Gasteiger partial charge on any atom is 0.0635 e. The highest BCUT2D eigenvalue weighted by Crippen LogP contribution is 2.51. The highest BCUT2D eigenvalue weighted by atomic mass is 32.1. The maximum absolute atomic E-state index is 2.52. The first kappa shape index (κ1) is 28.1. The predicted octanol–water partition coefficient (Wildman–Crippen LogP) is 12.9. The van der Waals surface area contributed by atoms with Gasteiger partial charge in [-0.15, -0.1) is 11.3 Å². The van der Waals surface area contributed by atoms with Crippen molar-refractivity contribution in [3.63, 3.8) is 0 Å². The van der Waals surface area contributed by atoms with E-state index in [1.54, 1.807) is 0 Å². The molecule has 0 fully saturated rings. The third-order valence-electron chi connectivity index (χ3n) is 10.2. The monoisotopic (exact) mass is 644 g/mol. The maximum atomic E-state index is 2.52. The zero-order chi connectivity index (χ0) is 32.3. The number of thiophene rings is 1. The number of nitrogens with zero attached hydrogens (tertiary/aromatic N) is 2. The molecule has 2 aliphatic rings. The SMILES string of the molecule is C1=CC2C(c3ccccc31)c1ccccc1N2c1ccc(-c2ccc(N(c3ccccc3)c3ccc4sc5ccccc5c4c3)cc2)cc1. The molecule has 3 heteroatoms. The molecule has 1 aliphatic carbocycles. The Morgan fingerprint density at radius 2 is 1.12 bits per heavy atom. The molecule has 0 radical (unpaired) electrons. The number of fused-ring (bicyclic) bond motifs is 8. The second kappa shape index (κ2) is 11.4. The molecule has 0 saturated heterocycles. The lowest BCUT2D eigenvalue weighted by molar-refractivity contribution is 0.724. The summed E-state index contributed by atoms with van der Waals surface area (Å²) < 4.78 is 2.64. The third kappa shape index (κ3) is 4.62. The van der Waals surface area contributed by atoms with Crippen LogP contribution in [0.15, 0.2) is 176 Å². The van der Waals surface area contributed by atoms with E-state index < -0.39 is 0 Å². The van der Waals surface area contributed by atoms with Gasteiger partial charge in [-0.3, -0.25) is 0 Å². The van der Waals surface area contributed by atoms with Crippen LogP contribution >= 0.6 is 11.3 Å². The summed E-state index contributed by atoms with van der Waals surface area (Å²) in [6.07, 6.45) is 4.68. The molecule has 0 amide bonds. The van der Waals surface area contributed by atoms with Gasteiger partial charge in [0.05, 0.1) is 6.04 Å². The predicted molar refractivity (Wildman–Crippen MR) is 209 cm³/mol. The standard InChI is InChI=1S/C46H32N2S/c1-2-11-34(12-3-1)47(37-27-29-45-41(30-37)39-14-7-9-17-44(39)49-45)35-23-18-31(19-24-35)32-20-25-36(26-21-32)48-42-16-8-6-15-40(42)46-38-13-5-4-10-33(38)22-28-43(46)48/h1-30,43,46H. The lowest BCUT2D eigenvalue weighted by Gasteiger charge is -2.31. The van der Waals surface area contributed by atoms with Crippen LogP contribution < -0.4 is 9.80 Å². The molecule has 0 saturated carbocycles. The minimum absolute atomic E-state index is 0.257. The van der Waals surface area contributed by atoms with Crippen LogP contribution in [0.25, 0.3) is 37.4 Å². The quantitative estimate of drug-likeness (QED) is 0.184. The fourth-order valence-corrected chi connectivity index (χ4v) is 9.05. The summed E-state index contributed by atoms with van der Waals surface area (Å²) in [5.74, 6) is 0.330. The summed E-state index contributed by atoms with van der Waals surface area (Å²) in [6, 6.07) is 62.3. The molecular formula is C46H32N2S. The molecule has 8 aromatic rings. The van der Waals surface area contributed by atoms with Gasteiger partial charge in [0.1, 0.15) is 0 Å². The minimum atomic E-state index is 0.257. The molecule has 0 spiro atoms. The van der Waals surface area contributed by atoms with Crippen molar-refractivity contribution in [2.75, 3.05) is 9.80 Å². The van der Waals surface area contributed by atoms with Gasteiger partial charge in [0, 0.05) is 54.5 Å². The number of anilines is 5. The van der Waals surface area contributed by atoms with Crippen molar-refractivity contribution in [3.05, 3.63) is 193 Å². The Kier molecular flexibility index (Phi) is 6.53. The van der Waals surface area contributed by atoms with Gasteiger partial charge in [-0.2, -0.15) is 0 Å². The summed E-state index contributed by atoms with van der Waals surface area (Å²) in [5, 5.41) is 2.61. The van der Waals surface area contributed by atoms with E-state index in [-0.39, 0.29) is 6.04 Å². The average molecular weight is 645 g/mol. The molecule has 1 aromatic heterocycles. The van der Waals surface area contributed by atoms with Gasteiger partial charge >= 0.3 is 0 Å². The van der Waals surface area contributed by atoms with Crippen LogP contribution in [0.4, 0.5) is 28.4 Å². The largest absolute Gasteiger partial charge is 0.333 e. The molecule has 2 atom stereocenters. The van der Waals surface area contributed by atoms with E-state index >= 15 is 0 Å². The first-order valence-electron chi connectivity index (χ1n) is 16.9. The fourth-order valence-electron chi connectivity index (χ4n) is 7.97. The summed E-state index contributed by atoms with van der Waals surface area (Å²) in [7, 11) is 0. The molecular weight excluding hydrogens is 613 g/mol. The van der Waals surface area contributed by atoms with Crippen LogP contribution in [0.5, 0.6) is 0 Å². The summed E-state index contributed by atoms with van der Waals surface area (Å²) in [4.78, 5) is 4.88. The van der Waals surface area contributed by atoms with E-state index in [0.717, 1.165) is 17.1 Å². The van der Waals surface area contributed by atoms with Gasteiger partial charge in [-0.1, -0.05) is 115 Å². The number of rotatable bonds is 5. The summed E-state index contributed by atoms with van der Waals surface area (Å²) in [5.41, 5.74) is 12.5. The van der Waals surface area contributed by atoms with Crippen molar-refractivity contribution in [1.82, 2.24) is 0 Å². The van der Waals surface area contributed by atoms with E-state index in [2.05, 4.69) is 192 Å².